The van der Waals surface area contributed by atoms with Gasteiger partial charge >= 0.3 is 5.97 Å². The molecule has 25 atom stereocenters. The van der Waals surface area contributed by atoms with Crippen molar-refractivity contribution in [3.63, 3.8) is 0 Å². The molecular weight excluding hydrogens is 900 g/mol. The molecule has 3 heterocycles. The maximum atomic E-state index is 15.0. The van der Waals surface area contributed by atoms with Gasteiger partial charge in [0.1, 0.15) is 54.6 Å². The first-order valence-corrected chi connectivity index (χ1v) is 24.0. The first-order chi connectivity index (χ1) is 31.9. The fraction of sp³-hybridized carbons (Fsp3) is 0.872. The number of Topliss-reactive ketones (excluding diaryl/α,β-unsaturated/α-hetero) is 1. The normalized spacial score (nSPS) is 51.3. The standard InChI is InChI=1S/C47H72O21/c1-7-17(2)38(58)64-34-32(54)41(61)67-43(33(34)55)63-26-13-11-20-18-8-9-21-22(19(18)10-12-23(20)46(26,5)6)14-25(48)47(24(21)15-45(3,4)36(56)37(47)57)16-62-44-35(28(50)30(52)40(60)68-44)65-42-31(53)27(49)29(51)39(59)66-42/h7,9,18-20,22-24,26-37,39-44,49-57,59-61H,8,10-16H2,1-6H3/b17-7+/t18-,19+,20+,22-,23+,24-,26-,27-,28-,29+,30-,31-,32+,33-,34-,35-,36-,37-,39+,40+,41-,42-,43+,44+,47-/m0/s1. The molecular formula is C47H72O21. The number of carbonyl (C=O) groups excluding carboxylic acids is 2. The topological polar surface area (TPSA) is 342 Å². The van der Waals surface area contributed by atoms with Gasteiger partial charge in [0.25, 0.3) is 0 Å². The van der Waals surface area contributed by atoms with Crippen molar-refractivity contribution in [2.75, 3.05) is 6.61 Å². The summed E-state index contributed by atoms with van der Waals surface area (Å²) < 4.78 is 40.0. The Labute approximate surface area is 394 Å². The highest BCUT2D eigenvalue weighted by Crippen LogP contribution is 2.65. The van der Waals surface area contributed by atoms with Gasteiger partial charge in [0.2, 0.25) is 0 Å². The Morgan fingerprint density at radius 3 is 1.96 bits per heavy atom. The molecule has 0 radical (unpaired) electrons. The summed E-state index contributed by atoms with van der Waals surface area (Å²) in [5.74, 6) is -1.33. The highest BCUT2D eigenvalue weighted by atomic mass is 16.8. The molecule has 0 aromatic carbocycles. The van der Waals surface area contributed by atoms with E-state index >= 15 is 4.79 Å². The Morgan fingerprint density at radius 1 is 0.691 bits per heavy atom. The van der Waals surface area contributed by atoms with E-state index in [1.807, 2.05) is 13.8 Å². The molecule has 0 bridgehead atoms. The molecule has 3 saturated heterocycles. The molecule has 68 heavy (non-hydrogen) atoms. The SMILES string of the molecule is C/C=C(\C)C(=O)O[C@@H]1[C@H](O)[C@H](O[C@H]2CC[C@@H]3[C@H]4CC=C5[C@@H](CC(=O)[C@]6(CO[C@@H]7O[C@@H](O)[C@@H](O)[C@H](O)[C@@H]7O[C@H]7O[C@@H](O)[C@H](O)[C@H](O)[C@@H]7O)[C@H]5CC(C)(C)[C@@H](O)[C@@H]6O)[C@@H]4CC[C@H]3C2(C)C)O[C@H](O)[C@@H]1O. The van der Waals surface area contributed by atoms with E-state index in [4.69, 9.17) is 33.2 Å². The van der Waals surface area contributed by atoms with Crippen molar-refractivity contribution in [2.24, 2.45) is 51.8 Å². The number of ether oxygens (including phenoxy) is 7. The molecule has 8 aliphatic rings. The average molecular weight is 973 g/mol. The van der Waals surface area contributed by atoms with Crippen LogP contribution in [-0.2, 0) is 42.7 Å². The van der Waals surface area contributed by atoms with E-state index < -0.39 is 146 Å². The Hall–Kier alpha value is -2.10. The minimum Gasteiger partial charge on any atom is -0.453 e. The fourth-order valence-electron chi connectivity index (χ4n) is 13.3. The van der Waals surface area contributed by atoms with E-state index in [-0.39, 0.29) is 53.8 Å². The monoisotopic (exact) mass is 972 g/mol. The summed E-state index contributed by atoms with van der Waals surface area (Å²) >= 11 is 0. The Bertz CT molecular complexity index is 1910. The van der Waals surface area contributed by atoms with Gasteiger partial charge in [-0.15, -0.1) is 0 Å². The number of hydrogen-bond donors (Lipinski definition) is 12. The second-order valence-corrected chi connectivity index (χ2v) is 21.9. The van der Waals surface area contributed by atoms with E-state index in [2.05, 4.69) is 19.9 Å². The lowest BCUT2D eigenvalue weighted by Gasteiger charge is -2.62. The smallest absolute Gasteiger partial charge is 0.333 e. The van der Waals surface area contributed by atoms with Crippen molar-refractivity contribution in [1.82, 2.24) is 0 Å². The van der Waals surface area contributed by atoms with Crippen LogP contribution in [0.25, 0.3) is 0 Å². The molecule has 8 rings (SSSR count). The fourth-order valence-corrected chi connectivity index (χ4v) is 13.3. The van der Waals surface area contributed by atoms with Gasteiger partial charge < -0.3 is 94.4 Å². The van der Waals surface area contributed by atoms with Crippen molar-refractivity contribution in [3.8, 4) is 0 Å². The molecule has 0 spiro atoms. The average Bonchev–Trinajstić information content (AvgIpc) is 3.29. The van der Waals surface area contributed by atoms with Crippen LogP contribution in [0.4, 0.5) is 0 Å². The summed E-state index contributed by atoms with van der Waals surface area (Å²) in [6.45, 7) is 10.4. The number of rotatable bonds is 9. The van der Waals surface area contributed by atoms with Crippen molar-refractivity contribution >= 4 is 11.8 Å². The van der Waals surface area contributed by atoms with Crippen molar-refractivity contribution < 1.29 is 104 Å². The maximum Gasteiger partial charge on any atom is 0.333 e. The predicted molar refractivity (Wildman–Crippen MR) is 228 cm³/mol. The lowest BCUT2D eigenvalue weighted by Crippen LogP contribution is -2.68. The van der Waals surface area contributed by atoms with Crippen LogP contribution in [0.15, 0.2) is 23.3 Å². The first kappa shape index (κ1) is 52.2. The lowest BCUT2D eigenvalue weighted by molar-refractivity contribution is -0.399. The third-order valence-corrected chi connectivity index (χ3v) is 17.5. The van der Waals surface area contributed by atoms with Crippen LogP contribution >= 0.6 is 0 Å². The molecule has 3 aliphatic heterocycles. The van der Waals surface area contributed by atoms with Crippen LogP contribution in [-0.4, -0.2) is 191 Å². The zero-order chi connectivity index (χ0) is 49.7. The van der Waals surface area contributed by atoms with Crippen LogP contribution in [0.1, 0.15) is 86.5 Å². The third-order valence-electron chi connectivity index (χ3n) is 17.5. The van der Waals surface area contributed by atoms with Gasteiger partial charge in [0.15, 0.2) is 43.8 Å². The maximum absolute atomic E-state index is 15.0. The minimum atomic E-state index is -2.03. The minimum absolute atomic E-state index is 0.0175. The molecule has 5 aliphatic carbocycles. The molecule has 7 fully saturated rings. The van der Waals surface area contributed by atoms with Gasteiger partial charge in [-0.25, -0.2) is 4.79 Å². The van der Waals surface area contributed by atoms with Crippen molar-refractivity contribution in [1.29, 1.82) is 0 Å². The zero-order valence-electron chi connectivity index (χ0n) is 39.2. The van der Waals surface area contributed by atoms with E-state index in [1.54, 1.807) is 6.92 Å². The number of fused-ring (bicyclic) bond motifs is 7. The third kappa shape index (κ3) is 8.76. The Kier molecular flexibility index (Phi) is 14.9. The second kappa shape index (κ2) is 19.4. The van der Waals surface area contributed by atoms with Crippen molar-refractivity contribution in [2.45, 2.75) is 197 Å². The number of aliphatic hydroxyl groups excluding tert-OH is 12. The van der Waals surface area contributed by atoms with Crippen LogP contribution in [0, 0.1) is 51.8 Å². The summed E-state index contributed by atoms with van der Waals surface area (Å²) in [5.41, 5.74) is -1.87. The summed E-state index contributed by atoms with van der Waals surface area (Å²) in [5, 5.41) is 129. The van der Waals surface area contributed by atoms with Crippen LogP contribution in [0.5, 0.6) is 0 Å². The van der Waals surface area contributed by atoms with Gasteiger partial charge in [-0.05, 0) is 98.7 Å². The van der Waals surface area contributed by atoms with Gasteiger partial charge in [-0.1, -0.05) is 45.4 Å². The highest BCUT2D eigenvalue weighted by molar-refractivity contribution is 5.89. The summed E-state index contributed by atoms with van der Waals surface area (Å²) in [7, 11) is 0. The van der Waals surface area contributed by atoms with Crippen molar-refractivity contribution in [3.05, 3.63) is 23.3 Å². The molecule has 0 unspecified atom stereocenters. The number of allylic oxidation sites excluding steroid dienone is 3. The molecule has 21 nitrogen and oxygen atoms in total. The van der Waals surface area contributed by atoms with Crippen LogP contribution < -0.4 is 0 Å². The highest BCUT2D eigenvalue weighted by Gasteiger charge is 2.67. The molecule has 0 aromatic heterocycles. The Balaban J connectivity index is 1.01. The largest absolute Gasteiger partial charge is 0.453 e. The summed E-state index contributed by atoms with van der Waals surface area (Å²) in [6, 6.07) is 0. The van der Waals surface area contributed by atoms with Gasteiger partial charge in [-0.3, -0.25) is 4.79 Å². The quantitative estimate of drug-likeness (QED) is 0.0512. The molecule has 12 N–H and O–H groups in total. The number of aliphatic hydroxyl groups is 12. The molecule has 0 amide bonds. The van der Waals surface area contributed by atoms with E-state index in [9.17, 15) is 66.1 Å². The second-order valence-electron chi connectivity index (χ2n) is 21.9. The van der Waals surface area contributed by atoms with Gasteiger partial charge in [-0.2, -0.15) is 0 Å². The predicted octanol–water partition coefficient (Wildman–Crippen LogP) is -2.05. The Morgan fingerprint density at radius 2 is 1.29 bits per heavy atom. The number of hydrogen-bond acceptors (Lipinski definition) is 21. The number of ketones is 1. The van der Waals surface area contributed by atoms with Gasteiger partial charge in [0.05, 0.1) is 30.3 Å². The van der Waals surface area contributed by atoms with E-state index in [0.717, 1.165) is 24.8 Å². The van der Waals surface area contributed by atoms with E-state index in [1.165, 1.54) is 13.0 Å². The summed E-state index contributed by atoms with van der Waals surface area (Å²) in [6.07, 6.45) is -23.3. The van der Waals surface area contributed by atoms with Crippen LogP contribution in [0.3, 0.4) is 0 Å². The van der Waals surface area contributed by atoms with Gasteiger partial charge in [0, 0.05) is 12.0 Å². The first-order valence-electron chi connectivity index (χ1n) is 24.0. The lowest BCUT2D eigenvalue weighted by atomic mass is 9.43. The van der Waals surface area contributed by atoms with Crippen LogP contribution in [0.2, 0.25) is 0 Å². The number of esters is 1. The summed E-state index contributed by atoms with van der Waals surface area (Å²) in [4.78, 5) is 27.6. The molecule has 0 aromatic rings. The molecule has 386 valence electrons. The number of carbonyl (C=O) groups is 2. The van der Waals surface area contributed by atoms with E-state index in [0.29, 0.717) is 12.8 Å². The zero-order valence-corrected chi connectivity index (χ0v) is 39.2. The molecule has 21 heteroatoms. The molecule has 4 saturated carbocycles.